The molecule has 0 radical (unpaired) electrons. The molecule has 0 amide bonds. The number of hydrogen-bond acceptors (Lipinski definition) is 2. The summed E-state index contributed by atoms with van der Waals surface area (Å²) in [6.45, 7) is 12.4. The van der Waals surface area contributed by atoms with Crippen LogP contribution in [0.25, 0.3) is 0 Å². The van der Waals surface area contributed by atoms with Crippen LogP contribution in [-0.2, 0) is 0 Å². The second kappa shape index (κ2) is 6.46. The lowest BCUT2D eigenvalue weighted by molar-refractivity contribution is 0.390. The Labute approximate surface area is 81.7 Å². The van der Waals surface area contributed by atoms with Crippen molar-refractivity contribution < 1.29 is 0 Å². The highest BCUT2D eigenvalue weighted by Crippen LogP contribution is 2.21. The molecule has 1 aliphatic heterocycles. The number of rotatable bonds is 2. The van der Waals surface area contributed by atoms with Crippen molar-refractivity contribution in [1.29, 1.82) is 0 Å². The largest absolute Gasteiger partial charge is 0.373 e. The molecule has 0 N–H and O–H groups in total. The molecule has 0 unspecified atom stereocenters. The van der Waals surface area contributed by atoms with Crippen LogP contribution in [0.4, 0.5) is 0 Å². The van der Waals surface area contributed by atoms with Crippen LogP contribution in [0.5, 0.6) is 0 Å². The van der Waals surface area contributed by atoms with Gasteiger partial charge in [0.05, 0.1) is 11.4 Å². The smallest absolute Gasteiger partial charge is 0.0629 e. The summed E-state index contributed by atoms with van der Waals surface area (Å²) < 4.78 is 0. The van der Waals surface area contributed by atoms with Gasteiger partial charge in [0.15, 0.2) is 0 Å². The van der Waals surface area contributed by atoms with Crippen LogP contribution in [-0.4, -0.2) is 25.2 Å². The van der Waals surface area contributed by atoms with Crippen molar-refractivity contribution in [3.05, 3.63) is 24.0 Å². The lowest BCUT2D eigenvalue weighted by atomic mass is 10.1. The Morgan fingerprint density at radius 1 is 1.46 bits per heavy atom. The summed E-state index contributed by atoms with van der Waals surface area (Å²) in [5.74, 6) is 0. The molecule has 2 nitrogen and oxygen atoms in total. The molecule has 1 heterocycles. The molecule has 0 atom stereocenters. The third-order valence-corrected chi connectivity index (χ3v) is 2.00. The number of hydrogen-bond donors (Lipinski definition) is 0. The minimum Gasteiger partial charge on any atom is -0.373 e. The molecule has 2 heteroatoms. The van der Waals surface area contributed by atoms with E-state index in [0.717, 1.165) is 24.4 Å². The first kappa shape index (κ1) is 11.9. The van der Waals surface area contributed by atoms with Gasteiger partial charge in [-0.3, -0.25) is 4.99 Å². The molecule has 0 aromatic heterocycles. The molecule has 0 aromatic carbocycles. The van der Waals surface area contributed by atoms with E-state index < -0.39 is 0 Å². The third-order valence-electron chi connectivity index (χ3n) is 2.00. The summed E-state index contributed by atoms with van der Waals surface area (Å²) >= 11 is 0. The summed E-state index contributed by atoms with van der Waals surface area (Å²) in [4.78, 5) is 6.13. The van der Waals surface area contributed by atoms with Crippen molar-refractivity contribution in [3.63, 3.8) is 0 Å². The normalized spacial score (nSPS) is 16.1. The quantitative estimate of drug-likeness (QED) is 0.597. The summed E-state index contributed by atoms with van der Waals surface area (Å²) in [5.41, 5.74) is 2.21. The van der Waals surface area contributed by atoms with Crippen LogP contribution in [0, 0.1) is 0 Å². The van der Waals surface area contributed by atoms with Crippen LogP contribution in [0.3, 0.4) is 0 Å². The standard InChI is InChI=1S/C9H14N2.C2H6/c1-4-9-8(10-2)6-5-7-11(9)3;1-2/h4H,1-2,5-7H2,3H3;1-2H3. The molecule has 0 aliphatic carbocycles. The molecular formula is C11H20N2. The average molecular weight is 180 g/mol. The van der Waals surface area contributed by atoms with Gasteiger partial charge in [-0.15, -0.1) is 0 Å². The minimum atomic E-state index is 1.04. The van der Waals surface area contributed by atoms with Crippen molar-refractivity contribution in [1.82, 2.24) is 4.90 Å². The highest BCUT2D eigenvalue weighted by Gasteiger charge is 2.12. The van der Waals surface area contributed by atoms with Crippen LogP contribution in [0.2, 0.25) is 0 Å². The van der Waals surface area contributed by atoms with Crippen molar-refractivity contribution >= 4 is 6.72 Å². The maximum absolute atomic E-state index is 3.97. The molecule has 0 spiro atoms. The number of nitrogens with zero attached hydrogens (tertiary/aromatic N) is 2. The Bertz CT molecular complexity index is 204. The van der Waals surface area contributed by atoms with Gasteiger partial charge in [0, 0.05) is 13.6 Å². The van der Waals surface area contributed by atoms with Crippen LogP contribution in [0.15, 0.2) is 29.0 Å². The lowest BCUT2D eigenvalue weighted by Crippen LogP contribution is -2.23. The molecule has 0 saturated heterocycles. The summed E-state index contributed by atoms with van der Waals surface area (Å²) in [6.07, 6.45) is 4.06. The first-order valence-electron chi connectivity index (χ1n) is 4.83. The summed E-state index contributed by atoms with van der Waals surface area (Å²) in [7, 11) is 2.06. The van der Waals surface area contributed by atoms with Crippen LogP contribution in [0.1, 0.15) is 26.7 Å². The van der Waals surface area contributed by atoms with E-state index in [1.807, 2.05) is 19.9 Å². The maximum atomic E-state index is 3.97. The minimum absolute atomic E-state index is 1.04. The molecule has 1 aliphatic rings. The zero-order valence-corrected chi connectivity index (χ0v) is 9.01. The van der Waals surface area contributed by atoms with E-state index in [0.29, 0.717) is 0 Å². The van der Waals surface area contributed by atoms with Gasteiger partial charge in [0.1, 0.15) is 0 Å². The lowest BCUT2D eigenvalue weighted by Gasteiger charge is -2.26. The fraction of sp³-hybridized carbons (Fsp3) is 0.545. The summed E-state index contributed by atoms with van der Waals surface area (Å²) in [6, 6.07) is 0. The van der Waals surface area contributed by atoms with Gasteiger partial charge in [-0.25, -0.2) is 0 Å². The third kappa shape index (κ3) is 3.05. The molecule has 0 fully saturated rings. The van der Waals surface area contributed by atoms with Crippen LogP contribution < -0.4 is 0 Å². The van der Waals surface area contributed by atoms with Crippen LogP contribution >= 0.6 is 0 Å². The Kier molecular flexibility index (Phi) is 5.94. The van der Waals surface area contributed by atoms with E-state index in [1.165, 1.54) is 6.42 Å². The fourth-order valence-corrected chi connectivity index (χ4v) is 1.39. The monoisotopic (exact) mass is 180 g/mol. The van der Waals surface area contributed by atoms with E-state index in [1.54, 1.807) is 0 Å². The molecule has 1 rings (SSSR count). The Morgan fingerprint density at radius 3 is 2.46 bits per heavy atom. The topological polar surface area (TPSA) is 15.6 Å². The van der Waals surface area contributed by atoms with E-state index >= 15 is 0 Å². The molecule has 74 valence electrons. The van der Waals surface area contributed by atoms with E-state index in [2.05, 4.69) is 30.2 Å². The Hall–Kier alpha value is -1.05. The number of aliphatic imine (C=N–C) groups is 1. The summed E-state index contributed by atoms with van der Waals surface area (Å²) in [5, 5.41) is 0. The Morgan fingerprint density at radius 2 is 2.08 bits per heavy atom. The first-order chi connectivity index (χ1) is 6.29. The first-order valence-corrected chi connectivity index (χ1v) is 4.83. The number of likely N-dealkylation sites (N-methyl/N-ethyl adjacent to an activating group) is 1. The van der Waals surface area contributed by atoms with Gasteiger partial charge in [-0.2, -0.15) is 0 Å². The second-order valence-electron chi connectivity index (χ2n) is 2.72. The predicted octanol–water partition coefficient (Wildman–Crippen LogP) is 2.84. The van der Waals surface area contributed by atoms with Crippen molar-refractivity contribution in [2.45, 2.75) is 26.7 Å². The SMILES string of the molecule is C=CC1=C(N=C)CCCN1C.CC. The molecule has 13 heavy (non-hydrogen) atoms. The van der Waals surface area contributed by atoms with Crippen molar-refractivity contribution in [2.24, 2.45) is 4.99 Å². The van der Waals surface area contributed by atoms with E-state index in [9.17, 15) is 0 Å². The predicted molar refractivity (Wildman–Crippen MR) is 60.0 cm³/mol. The number of allylic oxidation sites excluding steroid dienone is 2. The molecular weight excluding hydrogens is 160 g/mol. The van der Waals surface area contributed by atoms with Gasteiger partial charge in [-0.05, 0) is 25.6 Å². The highest BCUT2D eigenvalue weighted by atomic mass is 15.1. The Balaban J connectivity index is 0.000000671. The fourth-order valence-electron chi connectivity index (χ4n) is 1.39. The second-order valence-corrected chi connectivity index (χ2v) is 2.72. The van der Waals surface area contributed by atoms with Crippen molar-refractivity contribution in [2.75, 3.05) is 13.6 Å². The maximum Gasteiger partial charge on any atom is 0.0629 e. The van der Waals surface area contributed by atoms with E-state index in [4.69, 9.17) is 0 Å². The average Bonchev–Trinajstić information content (AvgIpc) is 2.20. The van der Waals surface area contributed by atoms with Gasteiger partial charge in [0.2, 0.25) is 0 Å². The molecule has 0 saturated carbocycles. The van der Waals surface area contributed by atoms with E-state index in [-0.39, 0.29) is 0 Å². The van der Waals surface area contributed by atoms with Crippen molar-refractivity contribution in [3.8, 4) is 0 Å². The molecule has 0 bridgehead atoms. The van der Waals surface area contributed by atoms with Gasteiger partial charge in [-0.1, -0.05) is 20.4 Å². The van der Waals surface area contributed by atoms with Gasteiger partial charge < -0.3 is 4.90 Å². The molecule has 0 aromatic rings. The zero-order valence-electron chi connectivity index (χ0n) is 9.01. The van der Waals surface area contributed by atoms with Gasteiger partial charge >= 0.3 is 0 Å². The zero-order chi connectivity index (χ0) is 10.3. The highest BCUT2D eigenvalue weighted by molar-refractivity contribution is 5.34. The van der Waals surface area contributed by atoms with Gasteiger partial charge in [0.25, 0.3) is 0 Å².